The predicted molar refractivity (Wildman–Crippen MR) is 70.1 cm³/mol. The van der Waals surface area contributed by atoms with Crippen LogP contribution in [0.5, 0.6) is 0 Å². The number of halogens is 1. The van der Waals surface area contributed by atoms with Crippen molar-refractivity contribution in [3.05, 3.63) is 35.6 Å². The number of nitrogens with one attached hydrogen (secondary N) is 2. The molecule has 0 saturated heterocycles. The van der Waals surface area contributed by atoms with Crippen molar-refractivity contribution in [1.82, 2.24) is 10.6 Å². The van der Waals surface area contributed by atoms with Crippen LogP contribution in [0.4, 0.5) is 9.18 Å². The number of hydrogen-bond acceptors (Lipinski definition) is 2. The molecular weight excluding hydrogens is 247 g/mol. The molecule has 1 fully saturated rings. The molecule has 1 atom stereocenters. The third-order valence-corrected chi connectivity index (χ3v) is 3.55. The second kappa shape index (κ2) is 5.57. The lowest BCUT2D eigenvalue weighted by Crippen LogP contribution is -2.47. The van der Waals surface area contributed by atoms with Gasteiger partial charge >= 0.3 is 6.03 Å². The zero-order valence-electron chi connectivity index (χ0n) is 10.9. The molecule has 2 rings (SSSR count). The summed E-state index contributed by atoms with van der Waals surface area (Å²) in [6.07, 6.45) is 2.37. The van der Waals surface area contributed by atoms with Crippen molar-refractivity contribution in [2.75, 3.05) is 6.61 Å². The second-order valence-corrected chi connectivity index (χ2v) is 4.98. The molecule has 104 valence electrons. The number of benzene rings is 1. The molecule has 3 N–H and O–H groups in total. The van der Waals surface area contributed by atoms with Crippen LogP contribution in [0.3, 0.4) is 0 Å². The van der Waals surface area contributed by atoms with Crippen LogP contribution < -0.4 is 10.6 Å². The molecule has 5 heteroatoms. The molecule has 0 bridgehead atoms. The van der Waals surface area contributed by atoms with Crippen LogP contribution in [-0.4, -0.2) is 23.8 Å². The van der Waals surface area contributed by atoms with E-state index in [9.17, 15) is 9.18 Å². The number of carbonyl (C=O) groups excluding carboxylic acids is 1. The quantitative estimate of drug-likeness (QED) is 0.762. The molecule has 0 aliphatic heterocycles. The number of aliphatic hydroxyl groups excluding tert-OH is 1. The average molecular weight is 266 g/mol. The molecule has 0 spiro atoms. The number of hydrogen-bond donors (Lipinski definition) is 3. The van der Waals surface area contributed by atoms with Gasteiger partial charge in [0.05, 0.1) is 18.2 Å². The fraction of sp³-hybridized carbons (Fsp3) is 0.500. The Labute approximate surface area is 112 Å². The van der Waals surface area contributed by atoms with Gasteiger partial charge in [-0.25, -0.2) is 9.18 Å². The van der Waals surface area contributed by atoms with Gasteiger partial charge in [0.2, 0.25) is 0 Å². The highest BCUT2D eigenvalue weighted by atomic mass is 19.1. The van der Waals surface area contributed by atoms with Gasteiger partial charge in [-0.2, -0.15) is 0 Å². The minimum absolute atomic E-state index is 0.0759. The van der Waals surface area contributed by atoms with Crippen molar-refractivity contribution >= 4 is 6.03 Å². The van der Waals surface area contributed by atoms with Crippen molar-refractivity contribution in [1.29, 1.82) is 0 Å². The molecule has 1 aromatic carbocycles. The first-order valence-corrected chi connectivity index (χ1v) is 6.55. The van der Waals surface area contributed by atoms with Gasteiger partial charge in [0.15, 0.2) is 0 Å². The Kier molecular flexibility index (Phi) is 4.04. The van der Waals surface area contributed by atoms with E-state index in [4.69, 9.17) is 5.11 Å². The Morgan fingerprint density at radius 3 is 2.53 bits per heavy atom. The van der Waals surface area contributed by atoms with E-state index < -0.39 is 0 Å². The topological polar surface area (TPSA) is 61.4 Å². The molecular formula is C14H19FN2O2. The maximum atomic E-state index is 12.9. The fourth-order valence-corrected chi connectivity index (χ4v) is 2.10. The summed E-state index contributed by atoms with van der Waals surface area (Å²) in [4.78, 5) is 11.9. The van der Waals surface area contributed by atoms with Crippen LogP contribution in [-0.2, 0) is 5.54 Å². The number of rotatable bonds is 5. The summed E-state index contributed by atoms with van der Waals surface area (Å²) in [5, 5.41) is 14.7. The molecule has 1 aliphatic rings. The first-order valence-electron chi connectivity index (χ1n) is 6.55. The lowest BCUT2D eigenvalue weighted by atomic mass is 10.1. The molecule has 1 aromatic rings. The van der Waals surface area contributed by atoms with Crippen LogP contribution in [0.2, 0.25) is 0 Å². The van der Waals surface area contributed by atoms with E-state index in [1.165, 1.54) is 12.1 Å². The Morgan fingerprint density at radius 2 is 2.05 bits per heavy atom. The molecule has 19 heavy (non-hydrogen) atoms. The van der Waals surface area contributed by atoms with E-state index >= 15 is 0 Å². The molecule has 1 aliphatic carbocycles. The standard InChI is InChI=1S/C14H19FN2O2/c1-2-12(9-18)16-13(19)17-14(7-8-14)10-3-5-11(15)6-4-10/h3-6,12,18H,2,7-9H2,1H3,(H2,16,17,19). The smallest absolute Gasteiger partial charge is 0.315 e. The third-order valence-electron chi connectivity index (χ3n) is 3.55. The normalized spacial score (nSPS) is 17.6. The van der Waals surface area contributed by atoms with Crippen LogP contribution in [0.1, 0.15) is 31.7 Å². The van der Waals surface area contributed by atoms with Crippen molar-refractivity contribution in [3.8, 4) is 0 Å². The number of carbonyl (C=O) groups is 1. The van der Waals surface area contributed by atoms with E-state index in [-0.39, 0.29) is 30.0 Å². The van der Waals surface area contributed by atoms with Gasteiger partial charge in [-0.05, 0) is 37.0 Å². The van der Waals surface area contributed by atoms with Gasteiger partial charge in [0.25, 0.3) is 0 Å². The molecule has 0 heterocycles. The van der Waals surface area contributed by atoms with Gasteiger partial charge in [-0.15, -0.1) is 0 Å². The molecule has 1 saturated carbocycles. The predicted octanol–water partition coefficient (Wildman–Crippen LogP) is 1.88. The van der Waals surface area contributed by atoms with Gasteiger partial charge in [-0.1, -0.05) is 19.1 Å². The zero-order valence-corrected chi connectivity index (χ0v) is 10.9. The first-order chi connectivity index (χ1) is 9.09. The summed E-state index contributed by atoms with van der Waals surface area (Å²) in [7, 11) is 0. The SMILES string of the molecule is CCC(CO)NC(=O)NC1(c2ccc(F)cc2)CC1. The van der Waals surface area contributed by atoms with E-state index in [0.717, 1.165) is 18.4 Å². The van der Waals surface area contributed by atoms with Crippen LogP contribution in [0.25, 0.3) is 0 Å². The maximum absolute atomic E-state index is 12.9. The van der Waals surface area contributed by atoms with Gasteiger partial charge in [0.1, 0.15) is 5.82 Å². The monoisotopic (exact) mass is 266 g/mol. The van der Waals surface area contributed by atoms with E-state index in [1.54, 1.807) is 12.1 Å². The summed E-state index contributed by atoms with van der Waals surface area (Å²) in [6, 6.07) is 5.68. The lowest BCUT2D eigenvalue weighted by molar-refractivity contribution is 0.211. The van der Waals surface area contributed by atoms with Crippen molar-refractivity contribution < 1.29 is 14.3 Å². The molecule has 2 amide bonds. The van der Waals surface area contributed by atoms with Crippen molar-refractivity contribution in [2.45, 2.75) is 37.8 Å². The van der Waals surface area contributed by atoms with Crippen molar-refractivity contribution in [3.63, 3.8) is 0 Å². The molecule has 0 aromatic heterocycles. The minimum atomic E-state index is -0.370. The highest BCUT2D eigenvalue weighted by molar-refractivity contribution is 5.76. The van der Waals surface area contributed by atoms with Gasteiger partial charge < -0.3 is 15.7 Å². The number of amides is 2. The number of urea groups is 1. The Bertz CT molecular complexity index is 439. The molecule has 0 radical (unpaired) electrons. The van der Waals surface area contributed by atoms with Crippen LogP contribution >= 0.6 is 0 Å². The van der Waals surface area contributed by atoms with E-state index in [0.29, 0.717) is 6.42 Å². The fourth-order valence-electron chi connectivity index (χ4n) is 2.10. The highest BCUT2D eigenvalue weighted by Gasteiger charge is 2.45. The van der Waals surface area contributed by atoms with Gasteiger partial charge in [0, 0.05) is 0 Å². The largest absolute Gasteiger partial charge is 0.394 e. The van der Waals surface area contributed by atoms with E-state index in [1.807, 2.05) is 6.92 Å². The zero-order chi connectivity index (χ0) is 13.9. The second-order valence-electron chi connectivity index (χ2n) is 4.98. The van der Waals surface area contributed by atoms with Crippen LogP contribution in [0.15, 0.2) is 24.3 Å². The third kappa shape index (κ3) is 3.23. The van der Waals surface area contributed by atoms with Crippen LogP contribution in [0, 0.1) is 5.82 Å². The summed E-state index contributed by atoms with van der Waals surface area (Å²) in [6.45, 7) is 1.82. The summed E-state index contributed by atoms with van der Waals surface area (Å²) in [5.74, 6) is -0.282. The number of aliphatic hydroxyl groups is 1. The van der Waals surface area contributed by atoms with E-state index in [2.05, 4.69) is 10.6 Å². The summed E-state index contributed by atoms with van der Waals surface area (Å²) in [5.41, 5.74) is 0.548. The van der Waals surface area contributed by atoms with Crippen molar-refractivity contribution in [2.24, 2.45) is 0 Å². The molecule has 4 nitrogen and oxygen atoms in total. The van der Waals surface area contributed by atoms with Gasteiger partial charge in [-0.3, -0.25) is 0 Å². The average Bonchev–Trinajstić information content (AvgIpc) is 3.17. The Hall–Kier alpha value is -1.62. The molecule has 1 unspecified atom stereocenters. The highest BCUT2D eigenvalue weighted by Crippen LogP contribution is 2.45. The first kappa shape index (κ1) is 13.8. The maximum Gasteiger partial charge on any atom is 0.315 e. The summed E-state index contributed by atoms with van der Waals surface area (Å²) < 4.78 is 12.9. The summed E-state index contributed by atoms with van der Waals surface area (Å²) >= 11 is 0. The minimum Gasteiger partial charge on any atom is -0.394 e. The Morgan fingerprint density at radius 1 is 1.42 bits per heavy atom. The lowest BCUT2D eigenvalue weighted by Gasteiger charge is -2.21. The Balaban J connectivity index is 1.98.